The number of carbonyl (C=O) groups is 3. The second-order valence-electron chi connectivity index (χ2n) is 10.2. The standard InChI is InChI=1S/C31H38N4O5/c1-21(40-20-22-8-3-2-4-9-22)31(39)35-15-7-12-28(35)30(38)34-27(29(37)33-19-26(36)18-32)17-23-13-14-24-10-5-6-11-25(24)16-23/h2-6,8-11,13-14,16,21,26-28,36H,7,12,15,17-20,32H2,1H3,(H,33,37)(H,34,38)/t21?,26?,27-,28?/m1/s1. The van der Waals surface area contributed by atoms with Gasteiger partial charge in [-0.05, 0) is 41.7 Å². The van der Waals surface area contributed by atoms with Crippen LogP contribution in [-0.4, -0.2) is 71.7 Å². The fourth-order valence-corrected chi connectivity index (χ4v) is 4.91. The van der Waals surface area contributed by atoms with Crippen molar-refractivity contribution in [2.75, 3.05) is 19.6 Å². The van der Waals surface area contributed by atoms with Gasteiger partial charge in [0.1, 0.15) is 18.2 Å². The van der Waals surface area contributed by atoms with Crippen molar-refractivity contribution in [2.45, 2.75) is 57.1 Å². The first-order chi connectivity index (χ1) is 19.4. The monoisotopic (exact) mass is 546 g/mol. The number of ether oxygens (including phenoxy) is 1. The van der Waals surface area contributed by atoms with Crippen LogP contribution in [0.1, 0.15) is 30.9 Å². The molecule has 3 aromatic carbocycles. The van der Waals surface area contributed by atoms with E-state index in [9.17, 15) is 19.5 Å². The van der Waals surface area contributed by atoms with Crippen LogP contribution in [0, 0.1) is 0 Å². The summed E-state index contributed by atoms with van der Waals surface area (Å²) in [6.45, 7) is 2.41. The zero-order valence-corrected chi connectivity index (χ0v) is 22.8. The molecule has 0 saturated carbocycles. The molecule has 0 aliphatic carbocycles. The Balaban J connectivity index is 1.44. The van der Waals surface area contributed by atoms with Crippen LogP contribution in [0.15, 0.2) is 72.8 Å². The maximum Gasteiger partial charge on any atom is 0.252 e. The average molecular weight is 547 g/mol. The van der Waals surface area contributed by atoms with Crippen LogP contribution in [0.3, 0.4) is 0 Å². The molecule has 212 valence electrons. The lowest BCUT2D eigenvalue weighted by atomic mass is 10.0. The first-order valence-electron chi connectivity index (χ1n) is 13.8. The smallest absolute Gasteiger partial charge is 0.252 e. The van der Waals surface area contributed by atoms with Gasteiger partial charge >= 0.3 is 0 Å². The van der Waals surface area contributed by atoms with Crippen molar-refractivity contribution < 1.29 is 24.2 Å². The zero-order chi connectivity index (χ0) is 28.5. The predicted molar refractivity (Wildman–Crippen MR) is 153 cm³/mol. The van der Waals surface area contributed by atoms with E-state index in [-0.39, 0.29) is 31.3 Å². The molecule has 40 heavy (non-hydrogen) atoms. The highest BCUT2D eigenvalue weighted by molar-refractivity contribution is 5.93. The van der Waals surface area contributed by atoms with E-state index in [4.69, 9.17) is 10.5 Å². The van der Waals surface area contributed by atoms with E-state index in [0.29, 0.717) is 26.0 Å². The van der Waals surface area contributed by atoms with Gasteiger partial charge in [-0.15, -0.1) is 0 Å². The molecule has 1 saturated heterocycles. The first-order valence-corrected chi connectivity index (χ1v) is 13.8. The molecule has 3 unspecified atom stereocenters. The van der Waals surface area contributed by atoms with Crippen LogP contribution >= 0.6 is 0 Å². The normalized spacial score (nSPS) is 17.3. The Kier molecular flexibility index (Phi) is 10.2. The Labute approximate surface area is 234 Å². The van der Waals surface area contributed by atoms with E-state index >= 15 is 0 Å². The molecule has 0 aromatic heterocycles. The summed E-state index contributed by atoms with van der Waals surface area (Å²) in [4.78, 5) is 41.4. The average Bonchev–Trinajstić information content (AvgIpc) is 3.48. The van der Waals surface area contributed by atoms with Gasteiger partial charge in [0.15, 0.2) is 0 Å². The summed E-state index contributed by atoms with van der Waals surface area (Å²) in [7, 11) is 0. The number of hydrogen-bond donors (Lipinski definition) is 4. The van der Waals surface area contributed by atoms with Gasteiger partial charge in [0.2, 0.25) is 11.8 Å². The zero-order valence-electron chi connectivity index (χ0n) is 22.8. The number of nitrogens with zero attached hydrogens (tertiary/aromatic N) is 1. The van der Waals surface area contributed by atoms with Crippen LogP contribution in [-0.2, 0) is 32.1 Å². The van der Waals surface area contributed by atoms with Gasteiger partial charge in [-0.25, -0.2) is 0 Å². The largest absolute Gasteiger partial charge is 0.390 e. The molecule has 4 atom stereocenters. The minimum atomic E-state index is -0.900. The summed E-state index contributed by atoms with van der Waals surface area (Å²) in [5.41, 5.74) is 7.31. The fraction of sp³-hybridized carbons (Fsp3) is 0.387. The summed E-state index contributed by atoms with van der Waals surface area (Å²) < 4.78 is 5.81. The van der Waals surface area contributed by atoms with Gasteiger partial charge in [-0.2, -0.15) is 0 Å². The van der Waals surface area contributed by atoms with Crippen molar-refractivity contribution in [1.82, 2.24) is 15.5 Å². The Hall–Kier alpha value is -3.79. The van der Waals surface area contributed by atoms with E-state index in [1.54, 1.807) is 11.8 Å². The number of hydrogen-bond acceptors (Lipinski definition) is 6. The highest BCUT2D eigenvalue weighted by Crippen LogP contribution is 2.21. The van der Waals surface area contributed by atoms with E-state index < -0.39 is 30.2 Å². The lowest BCUT2D eigenvalue weighted by Crippen LogP contribution is -2.55. The molecular formula is C31H38N4O5. The Morgan fingerprint density at radius 3 is 2.50 bits per heavy atom. The summed E-state index contributed by atoms with van der Waals surface area (Å²) >= 11 is 0. The van der Waals surface area contributed by atoms with Gasteiger partial charge in [0, 0.05) is 26.1 Å². The fourth-order valence-electron chi connectivity index (χ4n) is 4.91. The molecule has 1 aliphatic rings. The lowest BCUT2D eigenvalue weighted by Gasteiger charge is -2.28. The molecule has 1 heterocycles. The summed E-state index contributed by atoms with van der Waals surface area (Å²) in [6, 6.07) is 21.8. The third-order valence-electron chi connectivity index (χ3n) is 7.20. The number of aliphatic hydroxyl groups excluding tert-OH is 1. The van der Waals surface area contributed by atoms with Crippen LogP contribution in [0.2, 0.25) is 0 Å². The van der Waals surface area contributed by atoms with Gasteiger partial charge in [-0.1, -0.05) is 72.8 Å². The SMILES string of the molecule is CC(OCc1ccccc1)C(=O)N1CCCC1C(=O)N[C@H](Cc1ccc2ccccc2c1)C(=O)NCC(O)CN. The molecular weight excluding hydrogens is 508 g/mol. The van der Waals surface area contributed by atoms with Gasteiger partial charge in [0.05, 0.1) is 12.7 Å². The molecule has 3 amide bonds. The molecule has 9 nitrogen and oxygen atoms in total. The quantitative estimate of drug-likeness (QED) is 0.274. The Morgan fingerprint density at radius 1 is 1.02 bits per heavy atom. The minimum Gasteiger partial charge on any atom is -0.390 e. The number of aliphatic hydroxyl groups is 1. The first kappa shape index (κ1) is 29.2. The number of likely N-dealkylation sites (tertiary alicyclic amines) is 1. The number of amides is 3. The maximum absolute atomic E-state index is 13.5. The summed E-state index contributed by atoms with van der Waals surface area (Å²) in [6.07, 6.45) is -0.179. The molecule has 1 aliphatic heterocycles. The summed E-state index contributed by atoms with van der Waals surface area (Å²) in [5.74, 6) is -1.07. The van der Waals surface area contributed by atoms with Crippen molar-refractivity contribution in [3.63, 3.8) is 0 Å². The van der Waals surface area contributed by atoms with Crippen LogP contribution in [0.25, 0.3) is 10.8 Å². The number of benzene rings is 3. The second-order valence-corrected chi connectivity index (χ2v) is 10.2. The molecule has 4 rings (SSSR count). The molecule has 0 bridgehead atoms. The van der Waals surface area contributed by atoms with E-state index in [1.807, 2.05) is 72.8 Å². The van der Waals surface area contributed by atoms with Crippen LogP contribution in [0.5, 0.6) is 0 Å². The Morgan fingerprint density at radius 2 is 1.75 bits per heavy atom. The molecule has 1 fully saturated rings. The topological polar surface area (TPSA) is 134 Å². The molecule has 5 N–H and O–H groups in total. The van der Waals surface area contributed by atoms with Gasteiger partial charge in [-0.3, -0.25) is 14.4 Å². The minimum absolute atomic E-state index is 0.00561. The Bertz CT molecular complexity index is 1300. The lowest BCUT2D eigenvalue weighted by molar-refractivity contribution is -0.148. The highest BCUT2D eigenvalue weighted by Gasteiger charge is 2.37. The number of fused-ring (bicyclic) bond motifs is 1. The number of nitrogens with two attached hydrogens (primary N) is 1. The predicted octanol–water partition coefficient (Wildman–Crippen LogP) is 1.90. The summed E-state index contributed by atoms with van der Waals surface area (Å²) in [5, 5.41) is 17.5. The van der Waals surface area contributed by atoms with E-state index in [1.165, 1.54) is 0 Å². The van der Waals surface area contributed by atoms with Crippen molar-refractivity contribution in [1.29, 1.82) is 0 Å². The van der Waals surface area contributed by atoms with Crippen molar-refractivity contribution in [3.8, 4) is 0 Å². The molecule has 9 heteroatoms. The maximum atomic E-state index is 13.5. The molecule has 0 radical (unpaired) electrons. The van der Waals surface area contributed by atoms with Crippen molar-refractivity contribution in [2.24, 2.45) is 5.73 Å². The van der Waals surface area contributed by atoms with Gasteiger partial charge < -0.3 is 31.1 Å². The van der Waals surface area contributed by atoms with E-state index in [0.717, 1.165) is 21.9 Å². The van der Waals surface area contributed by atoms with Gasteiger partial charge in [0.25, 0.3) is 5.91 Å². The third-order valence-corrected chi connectivity index (χ3v) is 7.20. The van der Waals surface area contributed by atoms with Crippen molar-refractivity contribution >= 4 is 28.5 Å². The number of nitrogens with one attached hydrogen (secondary N) is 2. The van der Waals surface area contributed by atoms with E-state index in [2.05, 4.69) is 10.6 Å². The molecule has 3 aromatic rings. The second kappa shape index (κ2) is 14.0. The van der Waals surface area contributed by atoms with Crippen LogP contribution in [0.4, 0.5) is 0 Å². The van der Waals surface area contributed by atoms with Crippen LogP contribution < -0.4 is 16.4 Å². The number of carbonyl (C=O) groups excluding carboxylic acids is 3. The highest BCUT2D eigenvalue weighted by atomic mass is 16.5. The third kappa shape index (κ3) is 7.65. The number of rotatable bonds is 12. The van der Waals surface area contributed by atoms with Crippen molar-refractivity contribution in [3.05, 3.63) is 83.9 Å². The molecule has 0 spiro atoms.